The van der Waals surface area contributed by atoms with Gasteiger partial charge in [0, 0.05) is 5.92 Å². The van der Waals surface area contributed by atoms with Crippen molar-refractivity contribution in [3.63, 3.8) is 0 Å². The number of fused-ring (bicyclic) bond motifs is 3. The smallest absolute Gasteiger partial charge is 0.411 e. The highest BCUT2D eigenvalue weighted by atomic mass is 16.5. The van der Waals surface area contributed by atoms with Crippen LogP contribution in [-0.2, 0) is 4.74 Å². The number of rotatable bonds is 5. The Bertz CT molecular complexity index is 1130. The van der Waals surface area contributed by atoms with Crippen LogP contribution in [0.1, 0.15) is 48.2 Å². The molecule has 6 nitrogen and oxygen atoms in total. The quantitative estimate of drug-likeness (QED) is 0.524. The molecule has 1 amide bonds. The molecule has 0 spiro atoms. The van der Waals surface area contributed by atoms with Crippen molar-refractivity contribution in [1.29, 1.82) is 0 Å². The number of anilines is 1. The molecule has 0 saturated heterocycles. The molecule has 6 heteroatoms. The molecule has 164 valence electrons. The van der Waals surface area contributed by atoms with Crippen LogP contribution < -0.4 is 10.1 Å². The van der Waals surface area contributed by atoms with Crippen molar-refractivity contribution in [3.8, 4) is 16.9 Å². The molecule has 0 atom stereocenters. The van der Waals surface area contributed by atoms with Gasteiger partial charge in [-0.3, -0.25) is 5.32 Å². The van der Waals surface area contributed by atoms with Crippen LogP contribution in [-0.4, -0.2) is 29.4 Å². The highest BCUT2D eigenvalue weighted by molar-refractivity contribution is 5.99. The van der Waals surface area contributed by atoms with Crippen LogP contribution in [0, 0.1) is 0 Å². The molecule has 0 aromatic heterocycles. The molecule has 0 aliphatic heterocycles. The summed E-state index contributed by atoms with van der Waals surface area (Å²) >= 11 is 0. The summed E-state index contributed by atoms with van der Waals surface area (Å²) in [5.74, 6) is -0.832. The number of hydrogen-bond acceptors (Lipinski definition) is 4. The number of carboxylic acids is 1. The molecule has 0 bridgehead atoms. The number of aromatic carboxylic acids is 1. The Labute approximate surface area is 186 Å². The number of benzene rings is 3. The van der Waals surface area contributed by atoms with E-state index >= 15 is 0 Å². The molecule has 2 N–H and O–H groups in total. The van der Waals surface area contributed by atoms with Crippen LogP contribution in [0.2, 0.25) is 0 Å². The number of nitrogens with one attached hydrogen (secondary N) is 1. The molecule has 0 heterocycles. The van der Waals surface area contributed by atoms with Crippen molar-refractivity contribution < 1.29 is 24.2 Å². The predicted molar refractivity (Wildman–Crippen MR) is 122 cm³/mol. The maximum atomic E-state index is 12.5. The highest BCUT2D eigenvalue weighted by Gasteiger charge is 2.29. The van der Waals surface area contributed by atoms with Crippen molar-refractivity contribution >= 4 is 17.7 Å². The van der Waals surface area contributed by atoms with E-state index in [1.165, 1.54) is 12.1 Å². The summed E-state index contributed by atoms with van der Waals surface area (Å²) in [6.45, 7) is 5.76. The van der Waals surface area contributed by atoms with Crippen molar-refractivity contribution in [3.05, 3.63) is 83.4 Å². The predicted octanol–water partition coefficient (Wildman–Crippen LogP) is 5.92. The van der Waals surface area contributed by atoms with E-state index in [4.69, 9.17) is 9.47 Å². The van der Waals surface area contributed by atoms with Crippen LogP contribution in [0.25, 0.3) is 11.1 Å². The average molecular weight is 431 g/mol. The average Bonchev–Trinajstić information content (AvgIpc) is 3.06. The lowest BCUT2D eigenvalue weighted by Gasteiger charge is -2.22. The van der Waals surface area contributed by atoms with Gasteiger partial charge in [0.15, 0.2) is 0 Å². The minimum atomic E-state index is -1.17. The molecule has 32 heavy (non-hydrogen) atoms. The molecule has 0 saturated carbocycles. The summed E-state index contributed by atoms with van der Waals surface area (Å²) in [5.41, 5.74) is 4.10. The van der Waals surface area contributed by atoms with Gasteiger partial charge in [0.05, 0.1) is 11.3 Å². The number of carbonyl (C=O) groups is 2. The third-order valence-electron chi connectivity index (χ3n) is 5.23. The summed E-state index contributed by atoms with van der Waals surface area (Å²) < 4.78 is 11.2. The van der Waals surface area contributed by atoms with Crippen LogP contribution in [0.5, 0.6) is 5.75 Å². The summed E-state index contributed by atoms with van der Waals surface area (Å²) in [7, 11) is 0. The van der Waals surface area contributed by atoms with Gasteiger partial charge in [-0.25, -0.2) is 9.59 Å². The summed E-state index contributed by atoms with van der Waals surface area (Å²) in [6.07, 6.45) is -0.709. The van der Waals surface area contributed by atoms with E-state index in [0.717, 1.165) is 22.3 Å². The van der Waals surface area contributed by atoms with Crippen molar-refractivity contribution in [2.75, 3.05) is 11.9 Å². The minimum Gasteiger partial charge on any atom is -0.488 e. The molecular formula is C26H25NO5. The number of hydrogen-bond donors (Lipinski definition) is 2. The van der Waals surface area contributed by atoms with Crippen LogP contribution in [0.15, 0.2) is 66.7 Å². The second-order valence-corrected chi connectivity index (χ2v) is 8.68. The van der Waals surface area contributed by atoms with Crippen LogP contribution in [0.4, 0.5) is 10.5 Å². The van der Waals surface area contributed by atoms with E-state index in [9.17, 15) is 14.7 Å². The molecule has 0 unspecified atom stereocenters. The van der Waals surface area contributed by atoms with E-state index in [0.29, 0.717) is 5.75 Å². The fourth-order valence-electron chi connectivity index (χ4n) is 3.97. The van der Waals surface area contributed by atoms with E-state index < -0.39 is 17.7 Å². The van der Waals surface area contributed by atoms with Gasteiger partial charge < -0.3 is 14.6 Å². The maximum Gasteiger partial charge on any atom is 0.411 e. The van der Waals surface area contributed by atoms with E-state index in [2.05, 4.69) is 17.4 Å². The number of carbonyl (C=O) groups excluding carboxylic acids is 1. The fraction of sp³-hybridized carbons (Fsp3) is 0.231. The summed E-state index contributed by atoms with van der Waals surface area (Å²) in [4.78, 5) is 24.2. The first-order valence-corrected chi connectivity index (χ1v) is 10.4. The topological polar surface area (TPSA) is 84.9 Å². The SMILES string of the molecule is CC(C)(C)Oc1ccc(NC(=O)OCC2c3ccccc3-c3ccccc32)c(C(=O)O)c1. The molecular weight excluding hydrogens is 406 g/mol. The lowest BCUT2D eigenvalue weighted by Crippen LogP contribution is -2.23. The second-order valence-electron chi connectivity index (χ2n) is 8.68. The zero-order chi connectivity index (χ0) is 22.9. The van der Waals surface area contributed by atoms with Crippen molar-refractivity contribution in [2.45, 2.75) is 32.3 Å². The molecule has 4 rings (SSSR count). The molecule has 1 aliphatic carbocycles. The monoisotopic (exact) mass is 431 g/mol. The van der Waals surface area contributed by atoms with Gasteiger partial charge in [0.1, 0.15) is 18.0 Å². The molecule has 3 aromatic carbocycles. The first kappa shape index (κ1) is 21.4. The third-order valence-corrected chi connectivity index (χ3v) is 5.23. The largest absolute Gasteiger partial charge is 0.488 e. The van der Waals surface area contributed by atoms with Gasteiger partial charge in [-0.1, -0.05) is 48.5 Å². The normalized spacial score (nSPS) is 12.6. The number of carboxylic acid groups (broad SMARTS) is 1. The van der Waals surface area contributed by atoms with Gasteiger partial charge >= 0.3 is 12.1 Å². The molecule has 0 radical (unpaired) electrons. The van der Waals surface area contributed by atoms with Gasteiger partial charge in [-0.2, -0.15) is 0 Å². The number of ether oxygens (including phenoxy) is 2. The van der Waals surface area contributed by atoms with Crippen molar-refractivity contribution in [1.82, 2.24) is 0 Å². The summed E-state index contributed by atoms with van der Waals surface area (Å²) in [5, 5.41) is 12.1. The fourth-order valence-corrected chi connectivity index (χ4v) is 3.97. The van der Waals surface area contributed by atoms with E-state index in [1.807, 2.05) is 57.2 Å². The highest BCUT2D eigenvalue weighted by Crippen LogP contribution is 2.44. The summed E-state index contributed by atoms with van der Waals surface area (Å²) in [6, 6.07) is 20.7. The Kier molecular flexibility index (Phi) is 5.61. The lowest BCUT2D eigenvalue weighted by atomic mass is 9.98. The number of amides is 1. The van der Waals surface area contributed by atoms with Gasteiger partial charge in [0.25, 0.3) is 0 Å². The van der Waals surface area contributed by atoms with Gasteiger partial charge in [-0.05, 0) is 61.2 Å². The third kappa shape index (κ3) is 4.44. The van der Waals surface area contributed by atoms with Gasteiger partial charge in [-0.15, -0.1) is 0 Å². The molecule has 3 aromatic rings. The second kappa shape index (κ2) is 8.38. The van der Waals surface area contributed by atoms with Crippen molar-refractivity contribution in [2.24, 2.45) is 0 Å². The van der Waals surface area contributed by atoms with Crippen LogP contribution in [0.3, 0.4) is 0 Å². The van der Waals surface area contributed by atoms with Gasteiger partial charge in [0.2, 0.25) is 0 Å². The first-order valence-electron chi connectivity index (χ1n) is 10.4. The Morgan fingerprint density at radius 3 is 2.09 bits per heavy atom. The minimum absolute atomic E-state index is 0.0692. The standard InChI is InChI=1S/C26H25NO5/c1-26(2,3)32-16-12-13-23(21(14-16)24(28)29)27-25(30)31-15-22-19-10-6-4-8-17(19)18-9-5-7-11-20(18)22/h4-14,22H,15H2,1-3H3,(H,27,30)(H,28,29). The Morgan fingerprint density at radius 1 is 0.938 bits per heavy atom. The first-order chi connectivity index (χ1) is 15.2. The lowest BCUT2D eigenvalue weighted by molar-refractivity contribution is 0.0695. The Morgan fingerprint density at radius 2 is 1.53 bits per heavy atom. The Hall–Kier alpha value is -3.80. The van der Waals surface area contributed by atoms with Crippen LogP contribution >= 0.6 is 0 Å². The molecule has 1 aliphatic rings. The Balaban J connectivity index is 1.49. The zero-order valence-corrected chi connectivity index (χ0v) is 18.2. The van der Waals surface area contributed by atoms with E-state index in [-0.39, 0.29) is 23.8 Å². The zero-order valence-electron chi connectivity index (χ0n) is 18.2. The van der Waals surface area contributed by atoms with E-state index in [1.54, 1.807) is 6.07 Å². The maximum absolute atomic E-state index is 12.5. The molecule has 0 fully saturated rings.